The van der Waals surface area contributed by atoms with E-state index in [1.54, 1.807) is 11.9 Å². The van der Waals surface area contributed by atoms with Gasteiger partial charge in [-0.3, -0.25) is 4.79 Å². The Kier molecular flexibility index (Phi) is 4.96. The van der Waals surface area contributed by atoms with Crippen molar-refractivity contribution in [3.8, 4) is 0 Å². The molecule has 1 aromatic carbocycles. The van der Waals surface area contributed by atoms with Gasteiger partial charge in [-0.15, -0.1) is 0 Å². The van der Waals surface area contributed by atoms with E-state index >= 15 is 0 Å². The fourth-order valence-corrected chi connectivity index (χ4v) is 2.14. The third kappa shape index (κ3) is 3.82. The number of nitrogens with two attached hydrogens (primary N) is 1. The molecule has 5 heteroatoms. The summed E-state index contributed by atoms with van der Waals surface area (Å²) in [6, 6.07) is 7.69. The number of para-hydroxylation sites is 1. The topological polar surface area (TPSA) is 72.4 Å². The first-order chi connectivity index (χ1) is 9.99. The van der Waals surface area contributed by atoms with Crippen LogP contribution in [0, 0.1) is 5.92 Å². The lowest BCUT2D eigenvalue weighted by molar-refractivity contribution is -0.129. The molecule has 1 aromatic heterocycles. The van der Waals surface area contributed by atoms with Crippen LogP contribution in [0.2, 0.25) is 0 Å². The molecule has 1 amide bonds. The summed E-state index contributed by atoms with van der Waals surface area (Å²) in [5.41, 5.74) is 7.41. The van der Waals surface area contributed by atoms with Crippen LogP contribution in [0.25, 0.3) is 11.0 Å². The van der Waals surface area contributed by atoms with E-state index < -0.39 is 0 Å². The first-order valence-corrected chi connectivity index (χ1v) is 7.32. The molecule has 21 heavy (non-hydrogen) atoms. The van der Waals surface area contributed by atoms with Gasteiger partial charge in [-0.05, 0) is 24.5 Å². The maximum Gasteiger partial charge on any atom is 0.228 e. The van der Waals surface area contributed by atoms with E-state index in [4.69, 9.17) is 10.3 Å². The molecule has 2 rings (SSSR count). The quantitative estimate of drug-likeness (QED) is 0.885. The Balaban J connectivity index is 1.94. The summed E-state index contributed by atoms with van der Waals surface area (Å²) in [5.74, 6) is 0.456. The Labute approximate surface area is 125 Å². The predicted octanol–water partition coefficient (Wildman–Crippen LogP) is 2.20. The fraction of sp³-hybridized carbons (Fsp3) is 0.500. The summed E-state index contributed by atoms with van der Waals surface area (Å²) in [6.07, 6.45) is 1.06. The lowest BCUT2D eigenvalue weighted by atomic mass is 10.0. The number of rotatable bonds is 6. The van der Waals surface area contributed by atoms with Gasteiger partial charge in [0.05, 0.1) is 6.42 Å². The summed E-state index contributed by atoms with van der Waals surface area (Å²) in [7, 11) is 1.80. The molecule has 0 saturated carbocycles. The first-order valence-electron chi connectivity index (χ1n) is 7.32. The average molecular weight is 289 g/mol. The number of carbonyl (C=O) groups excluding carboxylic acids is 1. The SMILES string of the molecule is CC(C)C(N)CCN(C)C(=O)Cc1noc2ccccc12. The van der Waals surface area contributed by atoms with Crippen LogP contribution in [0.4, 0.5) is 0 Å². The molecule has 114 valence electrons. The molecule has 0 spiro atoms. The maximum atomic E-state index is 12.2. The zero-order chi connectivity index (χ0) is 15.4. The summed E-state index contributed by atoms with van der Waals surface area (Å²) in [6.45, 7) is 4.84. The molecular weight excluding hydrogens is 266 g/mol. The van der Waals surface area contributed by atoms with Crippen LogP contribution in [-0.2, 0) is 11.2 Å². The second-order valence-corrected chi connectivity index (χ2v) is 5.81. The predicted molar refractivity (Wildman–Crippen MR) is 82.8 cm³/mol. The first kappa shape index (κ1) is 15.5. The van der Waals surface area contributed by atoms with E-state index in [0.717, 1.165) is 11.8 Å². The van der Waals surface area contributed by atoms with Crippen molar-refractivity contribution in [1.29, 1.82) is 0 Å². The largest absolute Gasteiger partial charge is 0.356 e. The van der Waals surface area contributed by atoms with E-state index in [2.05, 4.69) is 19.0 Å². The molecule has 0 fully saturated rings. The zero-order valence-electron chi connectivity index (χ0n) is 12.9. The number of hydrogen-bond acceptors (Lipinski definition) is 4. The van der Waals surface area contributed by atoms with Crippen LogP contribution >= 0.6 is 0 Å². The van der Waals surface area contributed by atoms with Gasteiger partial charge in [0.15, 0.2) is 5.58 Å². The minimum atomic E-state index is 0.0324. The second-order valence-electron chi connectivity index (χ2n) is 5.81. The van der Waals surface area contributed by atoms with Crippen molar-refractivity contribution in [2.45, 2.75) is 32.7 Å². The smallest absolute Gasteiger partial charge is 0.228 e. The molecule has 1 heterocycles. The van der Waals surface area contributed by atoms with E-state index in [0.29, 0.717) is 23.7 Å². The minimum absolute atomic E-state index is 0.0324. The number of hydrogen-bond donors (Lipinski definition) is 1. The number of likely N-dealkylation sites (N-methyl/N-ethyl adjacent to an activating group) is 1. The Bertz CT molecular complexity index is 606. The molecule has 0 aliphatic rings. The van der Waals surface area contributed by atoms with Gasteiger partial charge >= 0.3 is 0 Å². The summed E-state index contributed by atoms with van der Waals surface area (Å²) in [5, 5.41) is 4.90. The molecule has 0 aliphatic carbocycles. The zero-order valence-corrected chi connectivity index (χ0v) is 12.9. The molecule has 2 N–H and O–H groups in total. The molecule has 2 aromatic rings. The Morgan fingerprint density at radius 3 is 2.81 bits per heavy atom. The van der Waals surface area contributed by atoms with Gasteiger partial charge in [-0.25, -0.2) is 0 Å². The highest BCUT2D eigenvalue weighted by Crippen LogP contribution is 2.18. The standard InChI is InChI=1S/C16H23N3O2/c1-11(2)13(17)8-9-19(3)16(20)10-14-12-6-4-5-7-15(12)21-18-14/h4-7,11,13H,8-10,17H2,1-3H3. The highest BCUT2D eigenvalue weighted by atomic mass is 16.5. The van der Waals surface area contributed by atoms with Gasteiger partial charge in [-0.2, -0.15) is 0 Å². The summed E-state index contributed by atoms with van der Waals surface area (Å²) >= 11 is 0. The fourth-order valence-electron chi connectivity index (χ4n) is 2.14. The van der Waals surface area contributed by atoms with Gasteiger partial charge in [0, 0.05) is 25.0 Å². The number of aromatic nitrogens is 1. The van der Waals surface area contributed by atoms with Crippen molar-refractivity contribution in [2.24, 2.45) is 11.7 Å². The van der Waals surface area contributed by atoms with Crippen LogP contribution in [0.1, 0.15) is 26.0 Å². The van der Waals surface area contributed by atoms with Gasteiger partial charge in [0.25, 0.3) is 0 Å². The van der Waals surface area contributed by atoms with Crippen LogP contribution in [0.3, 0.4) is 0 Å². The number of fused-ring (bicyclic) bond motifs is 1. The molecule has 1 unspecified atom stereocenters. The van der Waals surface area contributed by atoms with E-state index in [1.165, 1.54) is 0 Å². The lowest BCUT2D eigenvalue weighted by Gasteiger charge is -2.21. The van der Waals surface area contributed by atoms with Crippen LogP contribution in [-0.4, -0.2) is 35.6 Å². The van der Waals surface area contributed by atoms with Crippen LogP contribution in [0.15, 0.2) is 28.8 Å². The van der Waals surface area contributed by atoms with Gasteiger partial charge in [-0.1, -0.05) is 31.1 Å². The van der Waals surface area contributed by atoms with Crippen molar-refractivity contribution >= 4 is 16.9 Å². The van der Waals surface area contributed by atoms with Crippen molar-refractivity contribution in [3.05, 3.63) is 30.0 Å². The molecule has 0 aliphatic heterocycles. The monoisotopic (exact) mass is 289 g/mol. The minimum Gasteiger partial charge on any atom is -0.356 e. The third-order valence-electron chi connectivity index (χ3n) is 3.85. The Morgan fingerprint density at radius 2 is 2.10 bits per heavy atom. The average Bonchev–Trinajstić information content (AvgIpc) is 2.87. The summed E-state index contributed by atoms with van der Waals surface area (Å²) in [4.78, 5) is 14.0. The number of nitrogens with zero attached hydrogens (tertiary/aromatic N) is 2. The third-order valence-corrected chi connectivity index (χ3v) is 3.85. The lowest BCUT2D eigenvalue weighted by Crippen LogP contribution is -2.35. The molecular formula is C16H23N3O2. The summed E-state index contributed by atoms with van der Waals surface area (Å²) < 4.78 is 5.22. The molecule has 0 bridgehead atoms. The molecule has 0 radical (unpaired) electrons. The number of benzene rings is 1. The van der Waals surface area contributed by atoms with E-state index in [1.807, 2.05) is 24.3 Å². The van der Waals surface area contributed by atoms with E-state index in [9.17, 15) is 4.79 Å². The van der Waals surface area contributed by atoms with Gasteiger partial charge < -0.3 is 15.2 Å². The maximum absolute atomic E-state index is 12.2. The Morgan fingerprint density at radius 1 is 1.38 bits per heavy atom. The Hall–Kier alpha value is -1.88. The van der Waals surface area contributed by atoms with Crippen LogP contribution < -0.4 is 5.73 Å². The number of carbonyl (C=O) groups is 1. The molecule has 5 nitrogen and oxygen atoms in total. The molecule has 1 atom stereocenters. The highest BCUT2D eigenvalue weighted by Gasteiger charge is 2.16. The van der Waals surface area contributed by atoms with Crippen LogP contribution in [0.5, 0.6) is 0 Å². The number of amides is 1. The van der Waals surface area contributed by atoms with Crippen molar-refractivity contribution < 1.29 is 9.32 Å². The van der Waals surface area contributed by atoms with Crippen molar-refractivity contribution in [3.63, 3.8) is 0 Å². The normalized spacial score (nSPS) is 12.8. The van der Waals surface area contributed by atoms with Crippen molar-refractivity contribution in [2.75, 3.05) is 13.6 Å². The van der Waals surface area contributed by atoms with E-state index in [-0.39, 0.29) is 18.4 Å². The highest BCUT2D eigenvalue weighted by molar-refractivity contribution is 5.86. The second kappa shape index (κ2) is 6.72. The molecule has 0 saturated heterocycles. The van der Waals surface area contributed by atoms with Crippen molar-refractivity contribution in [1.82, 2.24) is 10.1 Å². The van der Waals surface area contributed by atoms with Gasteiger partial charge in [0.1, 0.15) is 5.69 Å². The van der Waals surface area contributed by atoms with Gasteiger partial charge in [0.2, 0.25) is 5.91 Å².